The molecule has 17 heavy (non-hydrogen) atoms. The number of nitrogens with zero attached hydrogens (tertiary/aromatic N) is 2. The summed E-state index contributed by atoms with van der Waals surface area (Å²) in [5.41, 5.74) is 6.48. The maximum atomic E-state index is 11.2. The van der Waals surface area contributed by atoms with Crippen LogP contribution in [-0.2, 0) is 13.0 Å². The molecule has 2 heterocycles. The van der Waals surface area contributed by atoms with Crippen molar-refractivity contribution in [3.63, 3.8) is 0 Å². The van der Waals surface area contributed by atoms with Crippen molar-refractivity contribution in [3.05, 3.63) is 28.6 Å². The summed E-state index contributed by atoms with van der Waals surface area (Å²) in [4.78, 5) is 28.3. The molecule has 1 amide bonds. The first-order valence-electron chi connectivity index (χ1n) is 5.23. The lowest BCUT2D eigenvalue weighted by molar-refractivity contribution is 0.0690. The largest absolute Gasteiger partial charge is 0.478 e. The smallest absolute Gasteiger partial charge is 0.338 e. The van der Waals surface area contributed by atoms with Crippen molar-refractivity contribution in [1.29, 1.82) is 0 Å². The molecule has 0 bridgehead atoms. The maximum absolute atomic E-state index is 11.2. The average Bonchev–Trinajstić information content (AvgIpc) is 2.26. The van der Waals surface area contributed by atoms with Crippen LogP contribution in [0.5, 0.6) is 0 Å². The lowest BCUT2D eigenvalue weighted by Gasteiger charge is -2.24. The second-order valence-electron chi connectivity index (χ2n) is 4.15. The van der Waals surface area contributed by atoms with E-state index in [-0.39, 0.29) is 11.3 Å². The Hall–Kier alpha value is -1.95. The SMILES string of the molecule is CN1CCc2nc(C(N)=O)c(C(=O)O)cc2C1. The van der Waals surface area contributed by atoms with Crippen LogP contribution in [0.1, 0.15) is 32.1 Å². The Morgan fingerprint density at radius 1 is 1.53 bits per heavy atom. The van der Waals surface area contributed by atoms with Crippen molar-refractivity contribution in [2.24, 2.45) is 5.73 Å². The average molecular weight is 235 g/mol. The van der Waals surface area contributed by atoms with Gasteiger partial charge in [0.1, 0.15) is 5.69 Å². The molecule has 0 unspecified atom stereocenters. The van der Waals surface area contributed by atoms with Gasteiger partial charge < -0.3 is 15.7 Å². The topological polar surface area (TPSA) is 96.5 Å². The van der Waals surface area contributed by atoms with Gasteiger partial charge in [0, 0.05) is 25.2 Å². The number of rotatable bonds is 2. The first-order chi connectivity index (χ1) is 7.99. The summed E-state index contributed by atoms with van der Waals surface area (Å²) in [5.74, 6) is -1.98. The van der Waals surface area contributed by atoms with Crippen molar-refractivity contribution >= 4 is 11.9 Å². The summed E-state index contributed by atoms with van der Waals surface area (Å²) in [6, 6.07) is 1.50. The zero-order valence-corrected chi connectivity index (χ0v) is 9.43. The van der Waals surface area contributed by atoms with Crippen molar-refractivity contribution in [3.8, 4) is 0 Å². The lowest BCUT2D eigenvalue weighted by atomic mass is 10.0. The molecular formula is C11H13N3O3. The summed E-state index contributed by atoms with van der Waals surface area (Å²) >= 11 is 0. The maximum Gasteiger partial charge on any atom is 0.338 e. The fraction of sp³-hybridized carbons (Fsp3) is 0.364. The molecule has 3 N–H and O–H groups in total. The Kier molecular flexibility index (Phi) is 2.81. The lowest BCUT2D eigenvalue weighted by Crippen LogP contribution is -2.29. The van der Waals surface area contributed by atoms with Crippen LogP contribution in [0.3, 0.4) is 0 Å². The number of aromatic nitrogens is 1. The fourth-order valence-electron chi connectivity index (χ4n) is 1.96. The van der Waals surface area contributed by atoms with Gasteiger partial charge in [-0.15, -0.1) is 0 Å². The number of hydrogen-bond donors (Lipinski definition) is 2. The number of carboxylic acids is 1. The van der Waals surface area contributed by atoms with Crippen LogP contribution in [-0.4, -0.2) is 40.5 Å². The van der Waals surface area contributed by atoms with Crippen LogP contribution in [0.4, 0.5) is 0 Å². The van der Waals surface area contributed by atoms with Crippen LogP contribution in [0.25, 0.3) is 0 Å². The van der Waals surface area contributed by atoms with E-state index in [9.17, 15) is 9.59 Å². The molecule has 0 saturated heterocycles. The number of carbonyl (C=O) groups is 2. The molecule has 1 aromatic heterocycles. The molecule has 1 aromatic rings. The minimum Gasteiger partial charge on any atom is -0.478 e. The van der Waals surface area contributed by atoms with Crippen LogP contribution < -0.4 is 5.73 Å². The minimum atomic E-state index is -1.18. The minimum absolute atomic E-state index is 0.119. The highest BCUT2D eigenvalue weighted by molar-refractivity contribution is 6.02. The second kappa shape index (κ2) is 4.14. The van der Waals surface area contributed by atoms with E-state index >= 15 is 0 Å². The highest BCUT2D eigenvalue weighted by atomic mass is 16.4. The number of fused-ring (bicyclic) bond motifs is 1. The number of aromatic carboxylic acids is 1. The van der Waals surface area contributed by atoms with E-state index in [2.05, 4.69) is 9.88 Å². The van der Waals surface area contributed by atoms with E-state index in [1.54, 1.807) is 0 Å². The zero-order valence-electron chi connectivity index (χ0n) is 9.43. The summed E-state index contributed by atoms with van der Waals surface area (Å²) in [7, 11) is 1.95. The summed E-state index contributed by atoms with van der Waals surface area (Å²) in [6.07, 6.45) is 0.700. The van der Waals surface area contributed by atoms with Gasteiger partial charge in [-0.3, -0.25) is 4.79 Å². The van der Waals surface area contributed by atoms with Crippen LogP contribution in [0.2, 0.25) is 0 Å². The number of carbonyl (C=O) groups excluding carboxylic acids is 1. The van der Waals surface area contributed by atoms with Crippen LogP contribution in [0.15, 0.2) is 6.07 Å². The molecule has 0 radical (unpaired) electrons. The van der Waals surface area contributed by atoms with Gasteiger partial charge in [0.25, 0.3) is 5.91 Å². The first-order valence-corrected chi connectivity index (χ1v) is 5.23. The monoisotopic (exact) mass is 235 g/mol. The van der Waals surface area contributed by atoms with E-state index in [0.29, 0.717) is 13.0 Å². The van der Waals surface area contributed by atoms with Crippen LogP contribution >= 0.6 is 0 Å². The van der Waals surface area contributed by atoms with Crippen molar-refractivity contribution in [2.45, 2.75) is 13.0 Å². The number of primary amides is 1. The molecule has 2 rings (SSSR count). The van der Waals surface area contributed by atoms with Gasteiger partial charge in [-0.05, 0) is 18.7 Å². The third-order valence-electron chi connectivity index (χ3n) is 2.83. The van der Waals surface area contributed by atoms with Crippen molar-refractivity contribution in [2.75, 3.05) is 13.6 Å². The zero-order chi connectivity index (χ0) is 12.6. The number of nitrogens with two attached hydrogens (primary N) is 1. The normalized spacial score (nSPS) is 15.4. The van der Waals surface area contributed by atoms with Gasteiger partial charge in [0.05, 0.1) is 5.56 Å². The Bertz CT molecular complexity index is 499. The number of hydrogen-bond acceptors (Lipinski definition) is 4. The van der Waals surface area contributed by atoms with E-state index < -0.39 is 11.9 Å². The van der Waals surface area contributed by atoms with Gasteiger partial charge in [0.15, 0.2) is 0 Å². The van der Waals surface area contributed by atoms with Gasteiger partial charge >= 0.3 is 5.97 Å². The molecule has 0 aliphatic carbocycles. The Morgan fingerprint density at radius 3 is 2.82 bits per heavy atom. The molecule has 0 aromatic carbocycles. The molecule has 90 valence electrons. The molecule has 1 aliphatic heterocycles. The highest BCUT2D eigenvalue weighted by Crippen LogP contribution is 2.19. The van der Waals surface area contributed by atoms with Crippen LogP contribution in [0, 0.1) is 0 Å². The third-order valence-corrected chi connectivity index (χ3v) is 2.83. The van der Waals surface area contributed by atoms with Crippen molar-refractivity contribution in [1.82, 2.24) is 9.88 Å². The predicted octanol–water partition coefficient (Wildman–Crippen LogP) is -0.133. The van der Waals surface area contributed by atoms with Gasteiger partial charge in [-0.25, -0.2) is 9.78 Å². The molecular weight excluding hydrogens is 222 g/mol. The van der Waals surface area contributed by atoms with Gasteiger partial charge in [-0.1, -0.05) is 0 Å². The van der Waals surface area contributed by atoms with Crippen molar-refractivity contribution < 1.29 is 14.7 Å². The summed E-state index contributed by atoms with van der Waals surface area (Å²) < 4.78 is 0. The van der Waals surface area contributed by atoms with E-state index in [0.717, 1.165) is 17.8 Å². The van der Waals surface area contributed by atoms with E-state index in [1.165, 1.54) is 6.07 Å². The van der Waals surface area contributed by atoms with E-state index in [1.807, 2.05) is 7.05 Å². The first kappa shape index (κ1) is 11.5. The summed E-state index contributed by atoms with van der Waals surface area (Å²) in [6.45, 7) is 1.48. The molecule has 0 fully saturated rings. The number of carboxylic acid groups (broad SMARTS) is 1. The fourth-order valence-corrected chi connectivity index (χ4v) is 1.96. The quantitative estimate of drug-likeness (QED) is 0.744. The molecule has 6 heteroatoms. The molecule has 0 saturated carbocycles. The number of pyridine rings is 1. The Labute approximate surface area is 98.1 Å². The standard InChI is InChI=1S/C11H13N3O3/c1-14-3-2-8-6(5-14)4-7(11(16)17)9(13-8)10(12)15/h4H,2-3,5H2,1H3,(H2,12,15)(H,16,17). The molecule has 0 spiro atoms. The molecule has 6 nitrogen and oxygen atoms in total. The van der Waals surface area contributed by atoms with Gasteiger partial charge in [0.2, 0.25) is 0 Å². The summed E-state index contributed by atoms with van der Waals surface area (Å²) in [5, 5.41) is 9.02. The highest BCUT2D eigenvalue weighted by Gasteiger charge is 2.22. The molecule has 1 aliphatic rings. The van der Waals surface area contributed by atoms with Gasteiger partial charge in [-0.2, -0.15) is 0 Å². The Balaban J connectivity index is 2.56. The predicted molar refractivity (Wildman–Crippen MR) is 59.8 cm³/mol. The van der Waals surface area contributed by atoms with E-state index in [4.69, 9.17) is 10.8 Å². The number of likely N-dealkylation sites (N-methyl/N-ethyl adjacent to an activating group) is 1. The Morgan fingerprint density at radius 2 is 2.24 bits per heavy atom. The number of amides is 1. The third kappa shape index (κ3) is 2.12. The second-order valence-corrected chi connectivity index (χ2v) is 4.15. The molecule has 0 atom stereocenters.